The lowest BCUT2D eigenvalue weighted by molar-refractivity contribution is -0.0561. The lowest BCUT2D eigenvalue weighted by atomic mass is 9.76. The molecule has 5 nitrogen and oxygen atoms in total. The molecule has 0 spiro atoms. The minimum Gasteiger partial charge on any atom is -0.486 e. The summed E-state index contributed by atoms with van der Waals surface area (Å²) in [6, 6.07) is 6.19. The first-order valence-corrected chi connectivity index (χ1v) is 8.09. The maximum absolute atomic E-state index is 9.85. The number of aliphatic hydroxyl groups excluding tert-OH is 1. The van der Waals surface area contributed by atoms with Gasteiger partial charge in [0.15, 0.2) is 11.5 Å². The van der Waals surface area contributed by atoms with Crippen LogP contribution in [0.25, 0.3) is 0 Å². The molecule has 0 amide bonds. The molecule has 22 heavy (non-hydrogen) atoms. The monoisotopic (exact) mass is 305 g/mol. The van der Waals surface area contributed by atoms with Crippen molar-refractivity contribution in [2.24, 2.45) is 11.3 Å². The molecule has 3 aliphatic heterocycles. The van der Waals surface area contributed by atoms with Crippen molar-refractivity contribution in [2.45, 2.75) is 13.0 Å². The van der Waals surface area contributed by atoms with Crippen molar-refractivity contribution in [3.05, 3.63) is 23.8 Å². The SMILES string of the molecule is OC[C@]12COCC[C@H]1CN(Cc1ccc3c(c1)OCCO3)C2. The number of aliphatic hydroxyl groups is 1. The van der Waals surface area contributed by atoms with E-state index in [2.05, 4.69) is 17.0 Å². The van der Waals surface area contributed by atoms with E-state index in [0.29, 0.717) is 25.7 Å². The first kappa shape index (κ1) is 14.3. The Balaban J connectivity index is 1.48. The molecule has 120 valence electrons. The number of fused-ring (bicyclic) bond motifs is 2. The minimum atomic E-state index is -0.0634. The van der Waals surface area contributed by atoms with Crippen molar-refractivity contribution in [3.8, 4) is 11.5 Å². The summed E-state index contributed by atoms with van der Waals surface area (Å²) in [5, 5.41) is 9.85. The molecule has 0 radical (unpaired) electrons. The smallest absolute Gasteiger partial charge is 0.161 e. The van der Waals surface area contributed by atoms with Crippen LogP contribution in [0.3, 0.4) is 0 Å². The number of hydrogen-bond donors (Lipinski definition) is 1. The predicted molar refractivity (Wildman–Crippen MR) is 81.2 cm³/mol. The fourth-order valence-electron chi connectivity index (χ4n) is 4.00. The van der Waals surface area contributed by atoms with Gasteiger partial charge in [0.05, 0.1) is 13.2 Å². The summed E-state index contributed by atoms with van der Waals surface area (Å²) in [5.74, 6) is 2.23. The Kier molecular flexibility index (Phi) is 3.72. The molecule has 2 saturated heterocycles. The zero-order valence-electron chi connectivity index (χ0n) is 12.8. The van der Waals surface area contributed by atoms with Gasteiger partial charge in [-0.2, -0.15) is 0 Å². The molecule has 0 aliphatic carbocycles. The molecular formula is C17H23NO4. The minimum absolute atomic E-state index is 0.0634. The summed E-state index contributed by atoms with van der Waals surface area (Å²) < 4.78 is 16.9. The maximum atomic E-state index is 9.85. The summed E-state index contributed by atoms with van der Waals surface area (Å²) in [6.45, 7) is 5.80. The van der Waals surface area contributed by atoms with Gasteiger partial charge in [-0.25, -0.2) is 0 Å². The van der Waals surface area contributed by atoms with E-state index in [9.17, 15) is 5.11 Å². The van der Waals surface area contributed by atoms with E-state index in [1.807, 2.05) is 6.07 Å². The average Bonchev–Trinajstić information content (AvgIpc) is 2.93. The molecule has 3 heterocycles. The molecule has 4 rings (SSSR count). The molecule has 2 fully saturated rings. The maximum Gasteiger partial charge on any atom is 0.161 e. The third-order valence-corrected chi connectivity index (χ3v) is 5.21. The van der Waals surface area contributed by atoms with Crippen molar-refractivity contribution in [2.75, 3.05) is 46.1 Å². The van der Waals surface area contributed by atoms with Crippen LogP contribution >= 0.6 is 0 Å². The highest BCUT2D eigenvalue weighted by molar-refractivity contribution is 5.43. The van der Waals surface area contributed by atoms with Gasteiger partial charge in [0.2, 0.25) is 0 Å². The quantitative estimate of drug-likeness (QED) is 0.912. The molecule has 0 unspecified atom stereocenters. The van der Waals surface area contributed by atoms with Gasteiger partial charge in [-0.15, -0.1) is 0 Å². The molecular weight excluding hydrogens is 282 g/mol. The molecule has 5 heteroatoms. The summed E-state index contributed by atoms with van der Waals surface area (Å²) in [6.07, 6.45) is 1.05. The van der Waals surface area contributed by atoms with E-state index in [0.717, 1.165) is 44.2 Å². The topological polar surface area (TPSA) is 51.2 Å². The van der Waals surface area contributed by atoms with Crippen LogP contribution in [0.1, 0.15) is 12.0 Å². The average molecular weight is 305 g/mol. The van der Waals surface area contributed by atoms with E-state index in [4.69, 9.17) is 14.2 Å². The molecule has 0 aromatic heterocycles. The largest absolute Gasteiger partial charge is 0.486 e. The van der Waals surface area contributed by atoms with Crippen LogP contribution in [-0.2, 0) is 11.3 Å². The van der Waals surface area contributed by atoms with Gasteiger partial charge in [-0.1, -0.05) is 6.07 Å². The molecule has 2 atom stereocenters. The van der Waals surface area contributed by atoms with Gasteiger partial charge in [-0.3, -0.25) is 4.90 Å². The second-order valence-corrected chi connectivity index (χ2v) is 6.71. The van der Waals surface area contributed by atoms with E-state index in [1.54, 1.807) is 0 Å². The van der Waals surface area contributed by atoms with Crippen LogP contribution in [0.2, 0.25) is 0 Å². The predicted octanol–water partition coefficient (Wildman–Crippen LogP) is 1.29. The Hall–Kier alpha value is -1.30. The fraction of sp³-hybridized carbons (Fsp3) is 0.647. The summed E-state index contributed by atoms with van der Waals surface area (Å²) in [5.41, 5.74) is 1.17. The van der Waals surface area contributed by atoms with Crippen molar-refractivity contribution in [3.63, 3.8) is 0 Å². The fourth-order valence-corrected chi connectivity index (χ4v) is 4.00. The standard InChI is InChI=1S/C17H23NO4/c19-11-17-10-18(9-14(17)3-4-20-12-17)8-13-1-2-15-16(7-13)22-6-5-21-15/h1-2,7,14,19H,3-6,8-12H2/t14-,17+/m0/s1. The van der Waals surface area contributed by atoms with Crippen LogP contribution in [0.4, 0.5) is 0 Å². The van der Waals surface area contributed by atoms with Gasteiger partial charge in [0.25, 0.3) is 0 Å². The first-order chi connectivity index (χ1) is 10.8. The molecule has 1 aromatic rings. The van der Waals surface area contributed by atoms with E-state index in [-0.39, 0.29) is 12.0 Å². The number of hydrogen-bond acceptors (Lipinski definition) is 5. The van der Waals surface area contributed by atoms with Crippen LogP contribution in [0, 0.1) is 11.3 Å². The van der Waals surface area contributed by atoms with Crippen LogP contribution in [-0.4, -0.2) is 56.1 Å². The summed E-state index contributed by atoms with van der Waals surface area (Å²) in [7, 11) is 0. The highest BCUT2D eigenvalue weighted by atomic mass is 16.6. The van der Waals surface area contributed by atoms with Crippen molar-refractivity contribution in [1.29, 1.82) is 0 Å². The van der Waals surface area contributed by atoms with Crippen LogP contribution < -0.4 is 9.47 Å². The number of likely N-dealkylation sites (tertiary alicyclic amines) is 1. The van der Waals surface area contributed by atoms with Crippen molar-refractivity contribution in [1.82, 2.24) is 4.90 Å². The highest BCUT2D eigenvalue weighted by Gasteiger charge is 2.47. The first-order valence-electron chi connectivity index (χ1n) is 8.09. The number of nitrogens with zero attached hydrogens (tertiary/aromatic N) is 1. The molecule has 1 aromatic carbocycles. The third-order valence-electron chi connectivity index (χ3n) is 5.21. The van der Waals surface area contributed by atoms with Crippen molar-refractivity contribution >= 4 is 0 Å². The second-order valence-electron chi connectivity index (χ2n) is 6.71. The molecule has 0 saturated carbocycles. The Bertz CT molecular complexity index is 549. The lowest BCUT2D eigenvalue weighted by Gasteiger charge is -2.36. The summed E-state index contributed by atoms with van der Waals surface area (Å²) >= 11 is 0. The zero-order valence-corrected chi connectivity index (χ0v) is 12.8. The van der Waals surface area contributed by atoms with Crippen molar-refractivity contribution < 1.29 is 19.3 Å². The normalized spacial score (nSPS) is 31.0. The van der Waals surface area contributed by atoms with Gasteiger partial charge in [-0.05, 0) is 30.0 Å². The molecule has 3 aliphatic rings. The van der Waals surface area contributed by atoms with Gasteiger partial charge < -0.3 is 19.3 Å². The number of rotatable bonds is 3. The van der Waals surface area contributed by atoms with Gasteiger partial charge in [0, 0.05) is 31.7 Å². The van der Waals surface area contributed by atoms with Crippen LogP contribution in [0.15, 0.2) is 18.2 Å². The third kappa shape index (κ3) is 2.47. The van der Waals surface area contributed by atoms with E-state index < -0.39 is 0 Å². The Morgan fingerprint density at radius 3 is 2.86 bits per heavy atom. The van der Waals surface area contributed by atoms with E-state index >= 15 is 0 Å². The van der Waals surface area contributed by atoms with Gasteiger partial charge in [0.1, 0.15) is 13.2 Å². The molecule has 1 N–H and O–H groups in total. The van der Waals surface area contributed by atoms with Crippen LogP contribution in [0.5, 0.6) is 11.5 Å². The zero-order chi connectivity index (χ0) is 15.0. The Labute approximate surface area is 130 Å². The van der Waals surface area contributed by atoms with E-state index in [1.165, 1.54) is 5.56 Å². The number of benzene rings is 1. The highest BCUT2D eigenvalue weighted by Crippen LogP contribution is 2.41. The Morgan fingerprint density at radius 2 is 2.05 bits per heavy atom. The lowest BCUT2D eigenvalue weighted by Crippen LogP contribution is -2.42. The Morgan fingerprint density at radius 1 is 1.18 bits per heavy atom. The number of ether oxygens (including phenoxy) is 3. The second kappa shape index (κ2) is 5.72. The summed E-state index contributed by atoms with van der Waals surface area (Å²) in [4.78, 5) is 2.43. The molecule has 0 bridgehead atoms. The van der Waals surface area contributed by atoms with Gasteiger partial charge >= 0.3 is 0 Å².